The number of likely N-dealkylation sites (tertiary alicyclic amines) is 2. The lowest BCUT2D eigenvalue weighted by Crippen LogP contribution is -2.45. The minimum absolute atomic E-state index is 0.478. The highest BCUT2D eigenvalue weighted by Gasteiger charge is 2.47. The Bertz CT molecular complexity index is 536. The van der Waals surface area contributed by atoms with Gasteiger partial charge in [-0.25, -0.2) is 0 Å². The molecule has 0 radical (unpaired) electrons. The number of hydrogen-bond donors (Lipinski definition) is 0. The lowest BCUT2D eigenvalue weighted by atomic mass is 9.71. The summed E-state index contributed by atoms with van der Waals surface area (Å²) in [5.74, 6) is 1.54. The molecule has 4 nitrogen and oxygen atoms in total. The zero-order chi connectivity index (χ0) is 17.8. The minimum atomic E-state index is 0.478. The first-order chi connectivity index (χ1) is 12.8. The van der Waals surface area contributed by atoms with E-state index in [4.69, 9.17) is 9.47 Å². The molecular formula is C21H34N2O2S. The van der Waals surface area contributed by atoms with Crippen LogP contribution < -0.4 is 0 Å². The lowest BCUT2D eigenvalue weighted by Gasteiger charge is -2.42. The van der Waals surface area contributed by atoms with Crippen LogP contribution in [0.1, 0.15) is 31.2 Å². The van der Waals surface area contributed by atoms with Crippen LogP contribution in [-0.4, -0.2) is 69.5 Å². The second-order valence-corrected chi connectivity index (χ2v) is 9.45. The van der Waals surface area contributed by atoms with Crippen LogP contribution >= 0.6 is 11.3 Å². The SMILES string of the molecule is COC[C@@H]1CN(CC2CCOCC2)CC12CCN(Cc1ccsc1)CC2. The Morgan fingerprint density at radius 3 is 2.73 bits per heavy atom. The Labute approximate surface area is 162 Å². The molecule has 1 atom stereocenters. The number of hydrogen-bond acceptors (Lipinski definition) is 5. The third-order valence-electron chi connectivity index (χ3n) is 6.95. The molecule has 0 N–H and O–H groups in total. The number of piperidine rings is 1. The third kappa shape index (κ3) is 4.33. The number of rotatable bonds is 6. The van der Waals surface area contributed by atoms with Crippen molar-refractivity contribution in [2.75, 3.05) is 59.7 Å². The molecule has 0 unspecified atom stereocenters. The number of ether oxygens (including phenoxy) is 2. The molecule has 1 spiro atoms. The Hall–Kier alpha value is -0.460. The minimum Gasteiger partial charge on any atom is -0.384 e. The van der Waals surface area contributed by atoms with Crippen molar-refractivity contribution in [3.05, 3.63) is 22.4 Å². The lowest BCUT2D eigenvalue weighted by molar-refractivity contribution is 0.0336. The Kier molecular flexibility index (Phi) is 6.32. The maximum Gasteiger partial charge on any atom is 0.0508 e. The van der Waals surface area contributed by atoms with Gasteiger partial charge in [0, 0.05) is 52.4 Å². The topological polar surface area (TPSA) is 24.9 Å². The van der Waals surface area contributed by atoms with E-state index in [-0.39, 0.29) is 0 Å². The van der Waals surface area contributed by atoms with Gasteiger partial charge < -0.3 is 14.4 Å². The zero-order valence-corrected chi connectivity index (χ0v) is 17.0. The first-order valence-electron chi connectivity index (χ1n) is 10.3. The van der Waals surface area contributed by atoms with E-state index >= 15 is 0 Å². The summed E-state index contributed by atoms with van der Waals surface area (Å²) in [6.07, 6.45) is 5.14. The summed E-state index contributed by atoms with van der Waals surface area (Å²) in [6, 6.07) is 2.27. The first kappa shape index (κ1) is 18.9. The van der Waals surface area contributed by atoms with Gasteiger partial charge in [-0.1, -0.05) is 0 Å². The largest absolute Gasteiger partial charge is 0.384 e. The predicted molar refractivity (Wildman–Crippen MR) is 107 cm³/mol. The van der Waals surface area contributed by atoms with Gasteiger partial charge in [-0.05, 0) is 72.5 Å². The van der Waals surface area contributed by atoms with E-state index in [1.54, 1.807) is 0 Å². The van der Waals surface area contributed by atoms with Crippen molar-refractivity contribution in [2.24, 2.45) is 17.3 Å². The Morgan fingerprint density at radius 2 is 2.04 bits per heavy atom. The molecule has 0 bridgehead atoms. The molecule has 0 amide bonds. The van der Waals surface area contributed by atoms with Gasteiger partial charge in [0.05, 0.1) is 6.61 Å². The van der Waals surface area contributed by atoms with Crippen LogP contribution in [0.25, 0.3) is 0 Å². The normalized spacial score (nSPS) is 28.1. The number of thiophene rings is 1. The van der Waals surface area contributed by atoms with E-state index in [1.807, 2.05) is 18.4 Å². The van der Waals surface area contributed by atoms with Gasteiger partial charge in [0.2, 0.25) is 0 Å². The molecule has 3 fully saturated rings. The van der Waals surface area contributed by atoms with Crippen molar-refractivity contribution in [1.29, 1.82) is 0 Å². The van der Waals surface area contributed by atoms with Gasteiger partial charge in [-0.2, -0.15) is 11.3 Å². The van der Waals surface area contributed by atoms with Gasteiger partial charge in [0.1, 0.15) is 0 Å². The van der Waals surface area contributed by atoms with Crippen LogP contribution in [0.5, 0.6) is 0 Å². The number of methoxy groups -OCH3 is 1. The van der Waals surface area contributed by atoms with Crippen LogP contribution in [0.2, 0.25) is 0 Å². The second kappa shape index (κ2) is 8.70. The zero-order valence-electron chi connectivity index (χ0n) is 16.2. The van der Waals surface area contributed by atoms with Crippen LogP contribution in [0, 0.1) is 17.3 Å². The van der Waals surface area contributed by atoms with E-state index in [0.29, 0.717) is 11.3 Å². The first-order valence-corrected chi connectivity index (χ1v) is 11.2. The van der Waals surface area contributed by atoms with Crippen LogP contribution in [-0.2, 0) is 16.0 Å². The maximum atomic E-state index is 5.64. The van der Waals surface area contributed by atoms with Gasteiger partial charge >= 0.3 is 0 Å². The monoisotopic (exact) mass is 378 g/mol. The van der Waals surface area contributed by atoms with Crippen LogP contribution in [0.3, 0.4) is 0 Å². The summed E-state index contributed by atoms with van der Waals surface area (Å²) >= 11 is 1.81. The molecule has 0 aliphatic carbocycles. The van der Waals surface area contributed by atoms with E-state index in [1.165, 1.54) is 64.0 Å². The molecule has 3 aliphatic heterocycles. The third-order valence-corrected chi connectivity index (χ3v) is 7.68. The van der Waals surface area contributed by atoms with E-state index in [9.17, 15) is 0 Å². The highest BCUT2D eigenvalue weighted by Crippen LogP contribution is 2.45. The van der Waals surface area contributed by atoms with Gasteiger partial charge in [-0.15, -0.1) is 0 Å². The van der Waals surface area contributed by atoms with Crippen molar-refractivity contribution >= 4 is 11.3 Å². The molecule has 4 heterocycles. The van der Waals surface area contributed by atoms with Gasteiger partial charge in [0.15, 0.2) is 0 Å². The summed E-state index contributed by atoms with van der Waals surface area (Å²) in [5, 5.41) is 4.49. The molecule has 3 aliphatic rings. The molecule has 3 saturated heterocycles. The molecule has 0 saturated carbocycles. The van der Waals surface area contributed by atoms with E-state index in [0.717, 1.165) is 32.3 Å². The van der Waals surface area contributed by atoms with Crippen LogP contribution in [0.15, 0.2) is 16.8 Å². The Morgan fingerprint density at radius 1 is 1.23 bits per heavy atom. The fourth-order valence-electron chi connectivity index (χ4n) is 5.37. The predicted octanol–water partition coefficient (Wildman–Crippen LogP) is 3.34. The summed E-state index contributed by atoms with van der Waals surface area (Å²) in [5.41, 5.74) is 1.96. The fraction of sp³-hybridized carbons (Fsp3) is 0.810. The molecule has 1 aromatic rings. The van der Waals surface area contributed by atoms with E-state index < -0.39 is 0 Å². The van der Waals surface area contributed by atoms with Crippen molar-refractivity contribution < 1.29 is 9.47 Å². The second-order valence-electron chi connectivity index (χ2n) is 8.67. The smallest absolute Gasteiger partial charge is 0.0508 e. The van der Waals surface area contributed by atoms with Crippen molar-refractivity contribution in [3.8, 4) is 0 Å². The molecular weight excluding hydrogens is 344 g/mol. The standard InChI is InChI=1S/C21H34N2O2S/c1-24-15-20-14-23(12-18-2-9-25-10-3-18)17-21(20)5-7-22(8-6-21)13-19-4-11-26-16-19/h4,11,16,18,20H,2-3,5-10,12-15,17H2,1H3/t20-/m0/s1. The van der Waals surface area contributed by atoms with Crippen molar-refractivity contribution in [2.45, 2.75) is 32.2 Å². The van der Waals surface area contributed by atoms with Crippen molar-refractivity contribution in [1.82, 2.24) is 9.80 Å². The highest BCUT2D eigenvalue weighted by molar-refractivity contribution is 7.07. The van der Waals surface area contributed by atoms with Crippen LogP contribution in [0.4, 0.5) is 0 Å². The average molecular weight is 379 g/mol. The molecule has 0 aromatic carbocycles. The Balaban J connectivity index is 1.34. The highest BCUT2D eigenvalue weighted by atomic mass is 32.1. The van der Waals surface area contributed by atoms with Gasteiger partial charge in [-0.3, -0.25) is 4.90 Å². The fourth-order valence-corrected chi connectivity index (χ4v) is 6.03. The summed E-state index contributed by atoms with van der Waals surface area (Å²) in [4.78, 5) is 5.41. The molecule has 26 heavy (non-hydrogen) atoms. The molecule has 146 valence electrons. The average Bonchev–Trinajstić information content (AvgIpc) is 3.27. The van der Waals surface area contributed by atoms with E-state index in [2.05, 4.69) is 26.6 Å². The maximum absolute atomic E-state index is 5.64. The van der Waals surface area contributed by atoms with Gasteiger partial charge in [0.25, 0.3) is 0 Å². The summed E-state index contributed by atoms with van der Waals surface area (Å²) in [7, 11) is 1.88. The molecule has 5 heteroatoms. The summed E-state index contributed by atoms with van der Waals surface area (Å²) in [6.45, 7) is 10.2. The van der Waals surface area contributed by atoms with Crippen molar-refractivity contribution in [3.63, 3.8) is 0 Å². The number of nitrogens with zero attached hydrogens (tertiary/aromatic N) is 2. The molecule has 4 rings (SSSR count). The molecule has 1 aromatic heterocycles. The summed E-state index contributed by atoms with van der Waals surface area (Å²) < 4.78 is 11.2. The quantitative estimate of drug-likeness (QED) is 0.758.